The van der Waals surface area contributed by atoms with Gasteiger partial charge in [0.1, 0.15) is 12.4 Å². The molecule has 1 rings (SSSR count). The molecule has 0 saturated carbocycles. The van der Waals surface area contributed by atoms with E-state index in [1.165, 1.54) is 5.56 Å². The van der Waals surface area contributed by atoms with Crippen LogP contribution in [0.2, 0.25) is 5.02 Å². The molecular formula is C18H27ClO3. The first kappa shape index (κ1) is 19.0. The van der Waals surface area contributed by atoms with Crippen molar-refractivity contribution in [3.63, 3.8) is 0 Å². The highest BCUT2D eigenvalue weighted by molar-refractivity contribution is 6.32. The third-order valence-corrected chi connectivity index (χ3v) is 3.65. The van der Waals surface area contributed by atoms with E-state index in [-0.39, 0.29) is 12.4 Å². The van der Waals surface area contributed by atoms with Crippen LogP contribution in [-0.4, -0.2) is 25.6 Å². The molecule has 0 amide bonds. The Kier molecular flexibility index (Phi) is 9.17. The van der Waals surface area contributed by atoms with Crippen LogP contribution in [0.4, 0.5) is 0 Å². The van der Waals surface area contributed by atoms with E-state index in [0.717, 1.165) is 25.0 Å². The second-order valence-corrected chi connectivity index (χ2v) is 6.15. The Balaban J connectivity index is 2.16. The molecule has 1 aromatic carbocycles. The van der Waals surface area contributed by atoms with Crippen molar-refractivity contribution >= 4 is 17.4 Å². The number of carbonyl (C=O) groups excluding carboxylic acids is 1. The van der Waals surface area contributed by atoms with Crippen molar-refractivity contribution in [3.05, 3.63) is 28.8 Å². The molecule has 1 aromatic rings. The number of unbranched alkanes of at least 4 members (excludes halogenated alkanes) is 1. The topological polar surface area (TPSA) is 35.5 Å². The van der Waals surface area contributed by atoms with Crippen LogP contribution in [0.15, 0.2) is 18.2 Å². The Labute approximate surface area is 139 Å². The molecule has 4 heteroatoms. The van der Waals surface area contributed by atoms with E-state index in [1.807, 2.05) is 25.1 Å². The fourth-order valence-electron chi connectivity index (χ4n) is 2.02. The molecule has 0 spiro atoms. The predicted octanol–water partition coefficient (Wildman–Crippen LogP) is 5.01. The second kappa shape index (κ2) is 10.6. The lowest BCUT2D eigenvalue weighted by atomic mass is 10.0. The summed E-state index contributed by atoms with van der Waals surface area (Å²) in [6.07, 6.45) is 3.24. The molecular weight excluding hydrogens is 300 g/mol. The Morgan fingerprint density at radius 3 is 2.59 bits per heavy atom. The third-order valence-electron chi connectivity index (χ3n) is 3.36. The van der Waals surface area contributed by atoms with E-state index in [9.17, 15) is 4.79 Å². The zero-order valence-electron chi connectivity index (χ0n) is 13.9. The predicted molar refractivity (Wildman–Crippen MR) is 91.0 cm³/mol. The summed E-state index contributed by atoms with van der Waals surface area (Å²) in [6.45, 7) is 7.70. The summed E-state index contributed by atoms with van der Waals surface area (Å²) in [7, 11) is 0. The normalized spacial score (nSPS) is 11.0. The van der Waals surface area contributed by atoms with Gasteiger partial charge in [0.25, 0.3) is 0 Å². The van der Waals surface area contributed by atoms with E-state index in [1.54, 1.807) is 0 Å². The number of rotatable bonds is 11. The van der Waals surface area contributed by atoms with Crippen molar-refractivity contribution in [3.8, 4) is 5.75 Å². The van der Waals surface area contributed by atoms with Gasteiger partial charge in [-0.25, -0.2) is 0 Å². The van der Waals surface area contributed by atoms with Gasteiger partial charge in [0.2, 0.25) is 0 Å². The third kappa shape index (κ3) is 7.28. The molecule has 0 aliphatic carbocycles. The summed E-state index contributed by atoms with van der Waals surface area (Å²) in [5, 5.41) is 0.660. The van der Waals surface area contributed by atoms with E-state index < -0.39 is 0 Å². The van der Waals surface area contributed by atoms with Crippen LogP contribution in [-0.2, 0) is 9.53 Å². The molecule has 0 atom stereocenters. The molecule has 0 fully saturated rings. The van der Waals surface area contributed by atoms with Gasteiger partial charge in [-0.05, 0) is 42.9 Å². The molecule has 124 valence electrons. The second-order valence-electron chi connectivity index (χ2n) is 5.74. The first-order chi connectivity index (χ1) is 10.5. The van der Waals surface area contributed by atoms with Gasteiger partial charge in [0.05, 0.1) is 11.6 Å². The minimum Gasteiger partial charge on any atom is -0.492 e. The Morgan fingerprint density at radius 1 is 1.23 bits per heavy atom. The van der Waals surface area contributed by atoms with Crippen molar-refractivity contribution in [2.75, 3.05) is 19.8 Å². The van der Waals surface area contributed by atoms with Gasteiger partial charge < -0.3 is 9.47 Å². The highest BCUT2D eigenvalue weighted by Gasteiger charge is 2.05. The Hall–Kier alpha value is -1.06. The van der Waals surface area contributed by atoms with Crippen molar-refractivity contribution in [2.24, 2.45) is 0 Å². The number of Topliss-reactive ketones (excluding diaryl/α,β-unsaturated/α-hetero) is 1. The molecule has 0 aromatic heterocycles. The Bertz CT molecular complexity index is 458. The maximum atomic E-state index is 11.3. The van der Waals surface area contributed by atoms with Crippen LogP contribution < -0.4 is 4.74 Å². The van der Waals surface area contributed by atoms with Crippen LogP contribution in [0.3, 0.4) is 0 Å². The summed E-state index contributed by atoms with van der Waals surface area (Å²) in [5.74, 6) is 1.36. The number of hydrogen-bond acceptors (Lipinski definition) is 3. The van der Waals surface area contributed by atoms with E-state index in [4.69, 9.17) is 21.1 Å². The SMILES string of the molecule is CCCC(=O)COCCCCOc1ccc(C(C)C)cc1Cl. The molecule has 0 unspecified atom stereocenters. The first-order valence-corrected chi connectivity index (χ1v) is 8.44. The fraction of sp³-hybridized carbons (Fsp3) is 0.611. The molecule has 0 aliphatic rings. The molecule has 0 saturated heterocycles. The number of carbonyl (C=O) groups is 1. The summed E-state index contributed by atoms with van der Waals surface area (Å²) >= 11 is 6.21. The quantitative estimate of drug-likeness (QED) is 0.536. The number of ketones is 1. The lowest BCUT2D eigenvalue weighted by molar-refractivity contribution is -0.123. The molecule has 22 heavy (non-hydrogen) atoms. The molecule has 0 aliphatic heterocycles. The summed E-state index contributed by atoms with van der Waals surface area (Å²) in [6, 6.07) is 5.94. The van der Waals surface area contributed by atoms with Crippen molar-refractivity contribution < 1.29 is 14.3 Å². The van der Waals surface area contributed by atoms with Crippen LogP contribution in [0.25, 0.3) is 0 Å². The lowest BCUT2D eigenvalue weighted by Crippen LogP contribution is -2.09. The van der Waals surface area contributed by atoms with Gasteiger partial charge in [-0.15, -0.1) is 0 Å². The van der Waals surface area contributed by atoms with Crippen molar-refractivity contribution in [1.82, 2.24) is 0 Å². The van der Waals surface area contributed by atoms with Gasteiger partial charge in [-0.3, -0.25) is 4.79 Å². The van der Waals surface area contributed by atoms with Gasteiger partial charge >= 0.3 is 0 Å². The van der Waals surface area contributed by atoms with E-state index in [0.29, 0.717) is 30.6 Å². The lowest BCUT2D eigenvalue weighted by Gasteiger charge is -2.11. The minimum absolute atomic E-state index is 0.177. The standard InChI is InChI=1S/C18H27ClO3/c1-4-7-16(20)13-21-10-5-6-11-22-18-9-8-15(14(2)3)12-17(18)19/h8-9,12,14H,4-7,10-11,13H2,1-3H3. The van der Waals surface area contributed by atoms with Crippen LogP contribution in [0.1, 0.15) is 57.9 Å². The fourth-order valence-corrected chi connectivity index (χ4v) is 2.26. The van der Waals surface area contributed by atoms with Crippen LogP contribution >= 0.6 is 11.6 Å². The van der Waals surface area contributed by atoms with Crippen LogP contribution in [0, 0.1) is 0 Å². The highest BCUT2D eigenvalue weighted by atomic mass is 35.5. The summed E-state index contributed by atoms with van der Waals surface area (Å²) < 4.78 is 11.0. The maximum Gasteiger partial charge on any atom is 0.158 e. The zero-order valence-corrected chi connectivity index (χ0v) is 14.6. The average molecular weight is 327 g/mol. The van der Waals surface area contributed by atoms with Gasteiger partial charge in [-0.2, -0.15) is 0 Å². The Morgan fingerprint density at radius 2 is 1.95 bits per heavy atom. The summed E-state index contributed by atoms with van der Waals surface area (Å²) in [4.78, 5) is 11.3. The van der Waals surface area contributed by atoms with Crippen LogP contribution in [0.5, 0.6) is 5.75 Å². The minimum atomic E-state index is 0.177. The number of ether oxygens (including phenoxy) is 2. The number of hydrogen-bond donors (Lipinski definition) is 0. The molecule has 0 radical (unpaired) electrons. The molecule has 3 nitrogen and oxygen atoms in total. The highest BCUT2D eigenvalue weighted by Crippen LogP contribution is 2.28. The zero-order chi connectivity index (χ0) is 16.4. The van der Waals surface area contributed by atoms with E-state index >= 15 is 0 Å². The molecule has 0 heterocycles. The summed E-state index contributed by atoms with van der Waals surface area (Å²) in [5.41, 5.74) is 1.21. The van der Waals surface area contributed by atoms with Crippen molar-refractivity contribution in [2.45, 2.75) is 52.4 Å². The molecule has 0 bridgehead atoms. The average Bonchev–Trinajstić information content (AvgIpc) is 2.47. The van der Waals surface area contributed by atoms with Gasteiger partial charge in [0.15, 0.2) is 5.78 Å². The van der Waals surface area contributed by atoms with Crippen molar-refractivity contribution in [1.29, 1.82) is 0 Å². The van der Waals surface area contributed by atoms with Gasteiger partial charge in [-0.1, -0.05) is 38.4 Å². The van der Waals surface area contributed by atoms with E-state index in [2.05, 4.69) is 13.8 Å². The smallest absolute Gasteiger partial charge is 0.158 e. The van der Waals surface area contributed by atoms with Gasteiger partial charge in [0, 0.05) is 13.0 Å². The maximum absolute atomic E-state index is 11.3. The monoisotopic (exact) mass is 326 g/mol. The number of halogens is 1. The number of benzene rings is 1. The first-order valence-electron chi connectivity index (χ1n) is 8.06. The largest absolute Gasteiger partial charge is 0.492 e. The molecule has 0 N–H and O–H groups in total.